The first-order valence-electron chi connectivity index (χ1n) is 9.42. The van der Waals surface area contributed by atoms with E-state index in [1.54, 1.807) is 25.0 Å². The van der Waals surface area contributed by atoms with Crippen molar-refractivity contribution in [2.45, 2.75) is 25.3 Å². The van der Waals surface area contributed by atoms with Crippen LogP contribution in [-0.4, -0.2) is 70.4 Å². The maximum absolute atomic E-state index is 12.5. The Balaban J connectivity index is 2.12. The number of nitrogens with zero attached hydrogens (tertiary/aromatic N) is 1. The number of amides is 1. The van der Waals surface area contributed by atoms with E-state index in [9.17, 15) is 9.59 Å². The molecule has 0 aliphatic carbocycles. The lowest BCUT2D eigenvalue weighted by Crippen LogP contribution is -2.45. The van der Waals surface area contributed by atoms with Crippen LogP contribution in [0.25, 0.3) is 0 Å². The van der Waals surface area contributed by atoms with Gasteiger partial charge in [-0.1, -0.05) is 30.1 Å². The molecule has 1 aromatic carbocycles. The zero-order valence-electron chi connectivity index (χ0n) is 17.2. The molecule has 2 unspecified atom stereocenters. The fourth-order valence-electron chi connectivity index (χ4n) is 3.65. The van der Waals surface area contributed by atoms with E-state index >= 15 is 0 Å². The van der Waals surface area contributed by atoms with E-state index < -0.39 is 5.92 Å². The van der Waals surface area contributed by atoms with Crippen LogP contribution in [0.15, 0.2) is 12.1 Å². The number of ether oxygens (including phenoxy) is 3. The van der Waals surface area contributed by atoms with Crippen molar-refractivity contribution in [2.75, 3.05) is 47.6 Å². The number of esters is 1. The lowest BCUT2D eigenvalue weighted by atomic mass is 9.95. The van der Waals surface area contributed by atoms with Gasteiger partial charge in [-0.3, -0.25) is 9.59 Å². The lowest BCUT2D eigenvalue weighted by molar-refractivity contribution is -0.147. The van der Waals surface area contributed by atoms with Gasteiger partial charge in [0.05, 0.1) is 30.2 Å². The molecule has 1 amide bonds. The van der Waals surface area contributed by atoms with E-state index in [4.69, 9.17) is 37.4 Å². The third kappa shape index (κ3) is 5.98. The summed E-state index contributed by atoms with van der Waals surface area (Å²) in [6.45, 7) is 3.08. The average Bonchev–Trinajstić information content (AvgIpc) is 3.16. The highest BCUT2D eigenvalue weighted by molar-refractivity contribution is 6.42. The van der Waals surface area contributed by atoms with Crippen LogP contribution >= 0.6 is 23.2 Å². The number of halogens is 2. The summed E-state index contributed by atoms with van der Waals surface area (Å²) in [6.07, 6.45) is 0.750. The van der Waals surface area contributed by atoms with Gasteiger partial charge in [-0.05, 0) is 18.6 Å². The van der Waals surface area contributed by atoms with Crippen molar-refractivity contribution < 1.29 is 23.8 Å². The lowest BCUT2D eigenvalue weighted by Gasteiger charge is -2.27. The van der Waals surface area contributed by atoms with E-state index in [1.807, 2.05) is 6.07 Å². The Kier molecular flexibility index (Phi) is 9.02. The van der Waals surface area contributed by atoms with Crippen LogP contribution < -0.4 is 10.1 Å². The van der Waals surface area contributed by atoms with Gasteiger partial charge in [-0.15, -0.1) is 0 Å². The first kappa shape index (κ1) is 23.7. The molecule has 0 saturated carbocycles. The number of methoxy groups -OCH3 is 3. The van der Waals surface area contributed by atoms with Gasteiger partial charge in [0.25, 0.3) is 0 Å². The van der Waals surface area contributed by atoms with Crippen molar-refractivity contribution >= 4 is 35.1 Å². The fourth-order valence-corrected chi connectivity index (χ4v) is 4.13. The summed E-state index contributed by atoms with van der Waals surface area (Å²) in [6, 6.07) is 3.56. The van der Waals surface area contributed by atoms with Crippen LogP contribution in [0.1, 0.15) is 24.8 Å². The summed E-state index contributed by atoms with van der Waals surface area (Å²) in [5.41, 5.74) is 0.870. The second-order valence-electron chi connectivity index (χ2n) is 7.17. The molecule has 0 spiro atoms. The average molecular weight is 447 g/mol. The van der Waals surface area contributed by atoms with Gasteiger partial charge >= 0.3 is 5.97 Å². The van der Waals surface area contributed by atoms with E-state index in [0.29, 0.717) is 28.9 Å². The van der Waals surface area contributed by atoms with E-state index in [1.165, 1.54) is 14.2 Å². The van der Waals surface area contributed by atoms with Crippen LogP contribution in [0.3, 0.4) is 0 Å². The Labute approximate surface area is 181 Å². The van der Waals surface area contributed by atoms with Gasteiger partial charge < -0.3 is 24.4 Å². The van der Waals surface area contributed by atoms with E-state index in [-0.39, 0.29) is 37.0 Å². The highest BCUT2D eigenvalue weighted by Crippen LogP contribution is 2.41. The predicted molar refractivity (Wildman–Crippen MR) is 112 cm³/mol. The van der Waals surface area contributed by atoms with Crippen LogP contribution in [-0.2, 0) is 19.1 Å². The Morgan fingerprint density at radius 3 is 2.62 bits per heavy atom. The molecule has 1 aromatic rings. The fraction of sp³-hybridized carbons (Fsp3) is 0.600. The number of hydrogen-bond donors (Lipinski definition) is 1. The Bertz CT molecular complexity index is 731. The summed E-state index contributed by atoms with van der Waals surface area (Å²) in [5, 5.41) is 4.41. The zero-order chi connectivity index (χ0) is 21.6. The molecular weight excluding hydrogens is 419 g/mol. The molecule has 0 bridgehead atoms. The minimum absolute atomic E-state index is 0.0328. The Hall–Kier alpha value is -1.54. The molecule has 1 aliphatic heterocycles. The molecule has 1 fully saturated rings. The third-order valence-electron chi connectivity index (χ3n) is 5.10. The molecule has 1 aliphatic rings. The largest absolute Gasteiger partial charge is 0.496 e. The number of carbonyl (C=O) groups is 2. The van der Waals surface area contributed by atoms with Crippen LogP contribution in [0.4, 0.5) is 0 Å². The van der Waals surface area contributed by atoms with E-state index in [2.05, 4.69) is 5.32 Å². The minimum atomic E-state index is -0.430. The standard InChI is InChI=1S/C20H28Cl2N2O5/c1-12(20(26)29-4)9-24(17(25)11-27-2)10-14-7-13(8-23-14)18-16(28-3)6-5-15(21)19(18)22/h5-6,12-14,23H,7-11H2,1-4H3/t12?,13-,14?/m0/s1. The van der Waals surface area contributed by atoms with Gasteiger partial charge in [-0.2, -0.15) is 0 Å². The molecule has 3 atom stereocenters. The molecule has 1 N–H and O–H groups in total. The number of carbonyl (C=O) groups excluding carboxylic acids is 2. The highest BCUT2D eigenvalue weighted by Gasteiger charge is 2.32. The summed E-state index contributed by atoms with van der Waals surface area (Å²) in [7, 11) is 4.41. The first-order valence-corrected chi connectivity index (χ1v) is 10.2. The van der Waals surface area contributed by atoms with Crippen molar-refractivity contribution in [2.24, 2.45) is 5.92 Å². The van der Waals surface area contributed by atoms with Crippen molar-refractivity contribution in [3.05, 3.63) is 27.7 Å². The summed E-state index contributed by atoms with van der Waals surface area (Å²) in [5.74, 6) is -0.169. The van der Waals surface area contributed by atoms with Crippen molar-refractivity contribution in [3.8, 4) is 5.75 Å². The van der Waals surface area contributed by atoms with E-state index in [0.717, 1.165) is 12.0 Å². The van der Waals surface area contributed by atoms with Crippen LogP contribution in [0, 0.1) is 5.92 Å². The van der Waals surface area contributed by atoms with Gasteiger partial charge in [0.1, 0.15) is 12.4 Å². The Morgan fingerprint density at radius 2 is 2.00 bits per heavy atom. The minimum Gasteiger partial charge on any atom is -0.496 e. The smallest absolute Gasteiger partial charge is 0.310 e. The maximum Gasteiger partial charge on any atom is 0.310 e. The normalized spacial score (nSPS) is 19.7. The van der Waals surface area contributed by atoms with Crippen molar-refractivity contribution in [3.63, 3.8) is 0 Å². The predicted octanol–water partition coefficient (Wildman–Crippen LogP) is 2.73. The summed E-state index contributed by atoms with van der Waals surface area (Å²) in [4.78, 5) is 25.9. The molecule has 0 aromatic heterocycles. The molecule has 1 heterocycles. The van der Waals surface area contributed by atoms with Gasteiger partial charge in [0.2, 0.25) is 5.91 Å². The monoisotopic (exact) mass is 446 g/mol. The first-order chi connectivity index (χ1) is 13.8. The van der Waals surface area contributed by atoms with Crippen molar-refractivity contribution in [1.82, 2.24) is 10.2 Å². The molecule has 29 heavy (non-hydrogen) atoms. The molecule has 162 valence electrons. The Morgan fingerprint density at radius 1 is 1.28 bits per heavy atom. The van der Waals surface area contributed by atoms with Crippen molar-refractivity contribution in [1.29, 1.82) is 0 Å². The summed E-state index contributed by atoms with van der Waals surface area (Å²) >= 11 is 12.7. The third-order valence-corrected chi connectivity index (χ3v) is 5.92. The number of rotatable bonds is 9. The van der Waals surface area contributed by atoms with Crippen LogP contribution in [0.5, 0.6) is 5.75 Å². The molecule has 1 saturated heterocycles. The molecule has 2 rings (SSSR count). The van der Waals surface area contributed by atoms with Gasteiger partial charge in [0.15, 0.2) is 0 Å². The second-order valence-corrected chi connectivity index (χ2v) is 7.96. The highest BCUT2D eigenvalue weighted by atomic mass is 35.5. The number of benzene rings is 1. The maximum atomic E-state index is 12.5. The number of nitrogens with one attached hydrogen (secondary N) is 1. The van der Waals surface area contributed by atoms with Gasteiger partial charge in [0, 0.05) is 44.3 Å². The molecule has 0 radical (unpaired) electrons. The molecule has 9 heteroatoms. The zero-order valence-corrected chi connectivity index (χ0v) is 18.7. The second kappa shape index (κ2) is 11.0. The molecule has 7 nitrogen and oxygen atoms in total. The SMILES string of the molecule is COCC(=O)N(CC1C[C@H](c2c(OC)ccc(Cl)c2Cl)CN1)CC(C)C(=O)OC. The molecular formula is C20H28Cl2N2O5. The topological polar surface area (TPSA) is 77.1 Å². The number of hydrogen-bond acceptors (Lipinski definition) is 6. The quantitative estimate of drug-likeness (QED) is 0.587. The van der Waals surface area contributed by atoms with Crippen LogP contribution in [0.2, 0.25) is 10.0 Å². The summed E-state index contributed by atoms with van der Waals surface area (Å²) < 4.78 is 15.2. The van der Waals surface area contributed by atoms with Gasteiger partial charge in [-0.25, -0.2) is 0 Å².